The van der Waals surface area contributed by atoms with E-state index in [2.05, 4.69) is 12.2 Å². The van der Waals surface area contributed by atoms with E-state index in [1.165, 1.54) is 0 Å². The van der Waals surface area contributed by atoms with Crippen molar-refractivity contribution in [2.24, 2.45) is 0 Å². The minimum atomic E-state index is -0.614. The number of nitrogens with zero attached hydrogens (tertiary/aromatic N) is 4. The Balaban J connectivity index is 1.54. The highest BCUT2D eigenvalue weighted by molar-refractivity contribution is 5.91. The Labute approximate surface area is 241 Å². The van der Waals surface area contributed by atoms with Crippen molar-refractivity contribution in [3.63, 3.8) is 0 Å². The van der Waals surface area contributed by atoms with Gasteiger partial charge in [0, 0.05) is 20.1 Å². The smallest absolute Gasteiger partial charge is 0.334 e. The molecule has 2 aromatic rings. The molecule has 2 fully saturated rings. The fourth-order valence-corrected chi connectivity index (χ4v) is 5.48. The number of hydrogen-bond acceptors (Lipinski definition) is 7. The maximum absolute atomic E-state index is 13.7. The molecule has 11 nitrogen and oxygen atoms in total. The molecule has 0 bridgehead atoms. The average molecular weight is 568 g/mol. The molecule has 11 heteroatoms. The van der Waals surface area contributed by atoms with Crippen molar-refractivity contribution in [1.82, 2.24) is 25.1 Å². The lowest BCUT2D eigenvalue weighted by Crippen LogP contribution is -2.76. The van der Waals surface area contributed by atoms with Crippen molar-refractivity contribution in [2.75, 3.05) is 48.0 Å². The number of rotatable bonds is 11. The summed E-state index contributed by atoms with van der Waals surface area (Å²) in [7, 11) is 6.52. The minimum Gasteiger partial charge on any atom is -0.497 e. The molecular formula is C30H41N5O6. The summed E-state index contributed by atoms with van der Waals surface area (Å²) in [5.74, 6) is 1.78. The van der Waals surface area contributed by atoms with Crippen LogP contribution >= 0.6 is 0 Å². The number of piperazine rings is 1. The number of hydrazine groups is 1. The van der Waals surface area contributed by atoms with Gasteiger partial charge in [0.15, 0.2) is 11.5 Å². The molecule has 1 N–H and O–H groups in total. The van der Waals surface area contributed by atoms with Gasteiger partial charge in [0.1, 0.15) is 18.0 Å². The third-order valence-electron chi connectivity index (χ3n) is 7.70. The Morgan fingerprint density at radius 1 is 0.976 bits per heavy atom. The molecular weight excluding hydrogens is 526 g/mol. The van der Waals surface area contributed by atoms with Crippen LogP contribution in [0.3, 0.4) is 0 Å². The molecule has 2 aliphatic heterocycles. The van der Waals surface area contributed by atoms with Crippen molar-refractivity contribution < 1.29 is 28.6 Å². The van der Waals surface area contributed by atoms with Crippen LogP contribution < -0.4 is 19.5 Å². The molecule has 2 heterocycles. The van der Waals surface area contributed by atoms with Gasteiger partial charge in [-0.05, 0) is 48.2 Å². The van der Waals surface area contributed by atoms with E-state index in [0.717, 1.165) is 29.7 Å². The first kappa shape index (κ1) is 30.0. The lowest BCUT2D eigenvalue weighted by atomic mass is 10.0. The fraction of sp³-hybridized carbons (Fsp3) is 0.500. The predicted octanol–water partition coefficient (Wildman–Crippen LogP) is 2.88. The Kier molecular flexibility index (Phi) is 9.93. The van der Waals surface area contributed by atoms with E-state index in [9.17, 15) is 14.4 Å². The monoisotopic (exact) mass is 567 g/mol. The molecule has 0 unspecified atom stereocenters. The van der Waals surface area contributed by atoms with Gasteiger partial charge in [0.25, 0.3) is 0 Å². The molecule has 2 aromatic carbocycles. The van der Waals surface area contributed by atoms with E-state index < -0.39 is 12.2 Å². The zero-order valence-corrected chi connectivity index (χ0v) is 24.6. The van der Waals surface area contributed by atoms with Gasteiger partial charge in [-0.15, -0.1) is 0 Å². The largest absolute Gasteiger partial charge is 0.497 e. The first-order chi connectivity index (χ1) is 19.8. The van der Waals surface area contributed by atoms with Gasteiger partial charge in [0.05, 0.1) is 34.4 Å². The molecule has 2 aliphatic rings. The number of benzene rings is 2. The summed E-state index contributed by atoms with van der Waals surface area (Å²) in [4.78, 5) is 44.0. The van der Waals surface area contributed by atoms with Crippen LogP contribution in [0.2, 0.25) is 0 Å². The summed E-state index contributed by atoms with van der Waals surface area (Å²) in [6.07, 6.45) is 2.23. The van der Waals surface area contributed by atoms with E-state index in [0.29, 0.717) is 37.4 Å². The first-order valence-corrected chi connectivity index (χ1v) is 14.0. The quantitative estimate of drug-likeness (QED) is 0.445. The molecule has 2 saturated heterocycles. The number of likely N-dealkylation sites (N-methyl/N-ethyl adjacent to an activating group) is 1. The molecule has 41 heavy (non-hydrogen) atoms. The molecule has 0 spiro atoms. The maximum atomic E-state index is 13.7. The van der Waals surface area contributed by atoms with Crippen LogP contribution in [0, 0.1) is 0 Å². The number of amides is 4. The molecule has 4 amide bonds. The maximum Gasteiger partial charge on any atom is 0.334 e. The standard InChI is InChI=1S/C30H41N5O6/c1-6-7-8-24-29(37)33(16-15-21-11-14-25(40-4)26(17-21)41-5)19-27-34(24)28(36)20-32(2)35(27)30(38)31-18-22-9-12-23(39-3)13-10-22/h9-14,17,24,27H,6-8,15-16,18-20H2,1-5H3,(H,31,38)/t24-,27-/m0/s1. The van der Waals surface area contributed by atoms with E-state index in [4.69, 9.17) is 14.2 Å². The number of ether oxygens (including phenoxy) is 3. The van der Waals surface area contributed by atoms with Crippen LogP contribution in [0.1, 0.15) is 37.3 Å². The Bertz CT molecular complexity index is 1220. The van der Waals surface area contributed by atoms with Crippen LogP contribution in [-0.4, -0.2) is 97.9 Å². The summed E-state index contributed by atoms with van der Waals surface area (Å²) in [6, 6.07) is 12.2. The third-order valence-corrected chi connectivity index (χ3v) is 7.70. The SMILES string of the molecule is CCCC[C@H]1C(=O)N(CCc2ccc(OC)c(OC)c2)C[C@H]2N1C(=O)CN(C)N2C(=O)NCc1ccc(OC)cc1. The molecule has 0 saturated carbocycles. The van der Waals surface area contributed by atoms with Crippen molar-refractivity contribution in [3.8, 4) is 17.2 Å². The summed E-state index contributed by atoms with van der Waals surface area (Å²) >= 11 is 0. The second kappa shape index (κ2) is 13.6. The summed E-state index contributed by atoms with van der Waals surface area (Å²) in [6.45, 7) is 3.06. The number of unbranched alkanes of at least 4 members (excludes halogenated alkanes) is 1. The van der Waals surface area contributed by atoms with Gasteiger partial charge in [-0.2, -0.15) is 0 Å². The molecule has 2 atom stereocenters. The Morgan fingerprint density at radius 2 is 1.68 bits per heavy atom. The molecule has 0 radical (unpaired) electrons. The Morgan fingerprint density at radius 3 is 2.34 bits per heavy atom. The number of urea groups is 1. The lowest BCUT2D eigenvalue weighted by molar-refractivity contribution is -0.187. The van der Waals surface area contributed by atoms with Crippen LogP contribution in [0.5, 0.6) is 17.2 Å². The summed E-state index contributed by atoms with van der Waals surface area (Å²) in [5, 5.41) is 6.22. The number of fused-ring (bicyclic) bond motifs is 1. The summed E-state index contributed by atoms with van der Waals surface area (Å²) in [5.41, 5.74) is 1.91. The normalized spacial score (nSPS) is 19.2. The van der Waals surface area contributed by atoms with Crippen LogP contribution in [0.15, 0.2) is 42.5 Å². The van der Waals surface area contributed by atoms with Crippen LogP contribution in [0.4, 0.5) is 4.79 Å². The Hall–Kier alpha value is -3.99. The van der Waals surface area contributed by atoms with E-state index in [1.807, 2.05) is 42.5 Å². The minimum absolute atomic E-state index is 0.0218. The third kappa shape index (κ3) is 6.67. The second-order valence-corrected chi connectivity index (χ2v) is 10.3. The van der Waals surface area contributed by atoms with Gasteiger partial charge in [-0.1, -0.05) is 38.0 Å². The van der Waals surface area contributed by atoms with Gasteiger partial charge in [-0.3, -0.25) is 9.59 Å². The van der Waals surface area contributed by atoms with Gasteiger partial charge in [0.2, 0.25) is 11.8 Å². The molecule has 4 rings (SSSR count). The van der Waals surface area contributed by atoms with Gasteiger partial charge in [-0.25, -0.2) is 14.8 Å². The topological polar surface area (TPSA) is 104 Å². The zero-order valence-electron chi connectivity index (χ0n) is 24.6. The molecule has 0 aromatic heterocycles. The average Bonchev–Trinajstić information content (AvgIpc) is 2.98. The van der Waals surface area contributed by atoms with Crippen molar-refractivity contribution in [3.05, 3.63) is 53.6 Å². The second-order valence-electron chi connectivity index (χ2n) is 10.3. The number of carbonyl (C=O) groups excluding carboxylic acids is 3. The summed E-state index contributed by atoms with van der Waals surface area (Å²) < 4.78 is 16.0. The van der Waals surface area contributed by atoms with Crippen LogP contribution in [0.25, 0.3) is 0 Å². The number of nitrogens with one attached hydrogen (secondary N) is 1. The highest BCUT2D eigenvalue weighted by Gasteiger charge is 2.50. The van der Waals surface area contributed by atoms with Crippen molar-refractivity contribution in [1.29, 1.82) is 0 Å². The first-order valence-electron chi connectivity index (χ1n) is 14.0. The number of methoxy groups -OCH3 is 3. The van der Waals surface area contributed by atoms with Crippen molar-refractivity contribution >= 4 is 17.8 Å². The fourth-order valence-electron chi connectivity index (χ4n) is 5.48. The van der Waals surface area contributed by atoms with Crippen LogP contribution in [-0.2, 0) is 22.6 Å². The predicted molar refractivity (Wildman–Crippen MR) is 153 cm³/mol. The number of hydrogen-bond donors (Lipinski definition) is 1. The highest BCUT2D eigenvalue weighted by Crippen LogP contribution is 2.30. The van der Waals surface area contributed by atoms with E-state index >= 15 is 0 Å². The van der Waals surface area contributed by atoms with E-state index in [1.54, 1.807) is 48.2 Å². The van der Waals surface area contributed by atoms with E-state index in [-0.39, 0.29) is 30.9 Å². The van der Waals surface area contributed by atoms with Crippen molar-refractivity contribution in [2.45, 2.75) is 51.4 Å². The van der Waals surface area contributed by atoms with Gasteiger partial charge < -0.3 is 29.3 Å². The lowest BCUT2D eigenvalue weighted by Gasteiger charge is -2.54. The number of carbonyl (C=O) groups is 3. The zero-order chi connectivity index (χ0) is 29.5. The molecule has 0 aliphatic carbocycles. The highest BCUT2D eigenvalue weighted by atomic mass is 16.5. The van der Waals surface area contributed by atoms with Gasteiger partial charge >= 0.3 is 6.03 Å². The molecule has 222 valence electrons.